The largest absolute Gasteiger partial charge is 0.497 e. The Morgan fingerprint density at radius 2 is 1.93 bits per heavy atom. The number of allylic oxidation sites excluding steroid dienone is 3. The van der Waals surface area contributed by atoms with Crippen LogP contribution in [0.5, 0.6) is 5.75 Å². The lowest BCUT2D eigenvalue weighted by molar-refractivity contribution is -0.157. The van der Waals surface area contributed by atoms with E-state index in [1.165, 1.54) is 12.0 Å². The van der Waals surface area contributed by atoms with E-state index in [0.717, 1.165) is 11.1 Å². The van der Waals surface area contributed by atoms with Crippen molar-refractivity contribution >= 4 is 23.7 Å². The maximum Gasteiger partial charge on any atom is 0.409 e. The van der Waals surface area contributed by atoms with Gasteiger partial charge in [-0.2, -0.15) is 0 Å². The van der Waals surface area contributed by atoms with E-state index in [4.69, 9.17) is 23.7 Å². The Labute approximate surface area is 253 Å². The highest BCUT2D eigenvalue weighted by Crippen LogP contribution is 2.49. The van der Waals surface area contributed by atoms with Crippen LogP contribution < -0.4 is 15.0 Å². The van der Waals surface area contributed by atoms with E-state index in [-0.39, 0.29) is 18.7 Å². The van der Waals surface area contributed by atoms with Gasteiger partial charge in [0.15, 0.2) is 5.72 Å². The third kappa shape index (κ3) is 7.05. The zero-order valence-electron chi connectivity index (χ0n) is 26.2. The monoisotopic (exact) mass is 600 g/mol. The summed E-state index contributed by atoms with van der Waals surface area (Å²) >= 11 is 0. The molecule has 3 aliphatic heterocycles. The average molecular weight is 601 g/mol. The predicted octanol–water partition coefficient (Wildman–Crippen LogP) is 3.67. The number of carbonyl (C=O) groups is 3. The first-order chi connectivity index (χ1) is 20.2. The van der Waals surface area contributed by atoms with Crippen LogP contribution in [-0.2, 0) is 35.0 Å². The number of hydrogen-bond donors (Lipinski definition) is 2. The van der Waals surface area contributed by atoms with Crippen molar-refractivity contribution in [1.29, 1.82) is 0 Å². The van der Waals surface area contributed by atoms with Gasteiger partial charge in [0.25, 0.3) is 0 Å². The molecule has 4 bridgehead atoms. The van der Waals surface area contributed by atoms with Gasteiger partial charge in [-0.25, -0.2) is 4.79 Å². The molecule has 2 saturated heterocycles. The SMILES string of the molecule is COc1cc2cc(c1)N(C)C(=O)CC(OC(=O)C(C)C)C1(C)OC1C(C)C1CC(O)(NC(=O)O1)C(OC)C=CC=C(C)C2. The molecule has 2 N–H and O–H groups in total. The second kappa shape index (κ2) is 12.7. The number of carbonyl (C=O) groups excluding carboxylic acids is 3. The second-order valence-corrected chi connectivity index (χ2v) is 12.3. The van der Waals surface area contributed by atoms with Crippen molar-refractivity contribution in [3.63, 3.8) is 0 Å². The van der Waals surface area contributed by atoms with Crippen molar-refractivity contribution in [1.82, 2.24) is 5.32 Å². The van der Waals surface area contributed by atoms with Gasteiger partial charge in [-0.05, 0) is 38.0 Å². The summed E-state index contributed by atoms with van der Waals surface area (Å²) in [5.41, 5.74) is -0.226. The molecule has 3 heterocycles. The molecule has 236 valence electrons. The number of nitrogens with zero attached hydrogens (tertiary/aromatic N) is 1. The Bertz CT molecular complexity index is 1290. The van der Waals surface area contributed by atoms with Crippen LogP contribution in [0.1, 0.15) is 53.0 Å². The summed E-state index contributed by atoms with van der Waals surface area (Å²) in [5.74, 6) is -0.963. The van der Waals surface area contributed by atoms with Crippen LogP contribution in [0.2, 0.25) is 0 Å². The van der Waals surface area contributed by atoms with E-state index >= 15 is 0 Å². The molecule has 7 unspecified atom stereocenters. The summed E-state index contributed by atoms with van der Waals surface area (Å²) < 4.78 is 28.8. The number of epoxide rings is 1. The fourth-order valence-electron chi connectivity index (χ4n) is 5.82. The highest BCUT2D eigenvalue weighted by molar-refractivity contribution is 5.93. The van der Waals surface area contributed by atoms with E-state index in [1.807, 2.05) is 32.1 Å². The molecule has 0 aromatic heterocycles. The number of anilines is 1. The summed E-state index contributed by atoms with van der Waals surface area (Å²) in [4.78, 5) is 40.6. The number of benzene rings is 1. The fourth-order valence-corrected chi connectivity index (χ4v) is 5.82. The first-order valence-corrected chi connectivity index (χ1v) is 14.6. The van der Waals surface area contributed by atoms with Gasteiger partial charge in [-0.3, -0.25) is 14.9 Å². The lowest BCUT2D eigenvalue weighted by Crippen LogP contribution is -2.63. The molecule has 43 heavy (non-hydrogen) atoms. The molecule has 0 radical (unpaired) electrons. The Balaban J connectivity index is 1.77. The molecule has 2 amide bonds. The minimum atomic E-state index is -1.75. The summed E-state index contributed by atoms with van der Waals surface area (Å²) in [6.07, 6.45) is 1.98. The molecular weight excluding hydrogens is 556 g/mol. The van der Waals surface area contributed by atoms with Gasteiger partial charge in [0, 0.05) is 38.2 Å². The van der Waals surface area contributed by atoms with E-state index < -0.39 is 59.6 Å². The zero-order chi connectivity index (χ0) is 31.7. The minimum absolute atomic E-state index is 0.0190. The number of rotatable bonds is 4. The van der Waals surface area contributed by atoms with Crippen LogP contribution in [0.15, 0.2) is 42.0 Å². The summed E-state index contributed by atoms with van der Waals surface area (Å²) in [5, 5.41) is 14.1. The number of amides is 2. The Kier molecular flexibility index (Phi) is 9.58. The molecule has 1 aromatic carbocycles. The minimum Gasteiger partial charge on any atom is -0.497 e. The third-order valence-corrected chi connectivity index (χ3v) is 8.59. The summed E-state index contributed by atoms with van der Waals surface area (Å²) in [6.45, 7) is 9.04. The number of esters is 1. The smallest absolute Gasteiger partial charge is 0.409 e. The van der Waals surface area contributed by atoms with E-state index in [9.17, 15) is 19.5 Å². The lowest BCUT2D eigenvalue weighted by atomic mass is 9.83. The van der Waals surface area contributed by atoms with Crippen LogP contribution in [0.25, 0.3) is 0 Å². The van der Waals surface area contributed by atoms with E-state index in [2.05, 4.69) is 5.32 Å². The molecule has 0 spiro atoms. The molecule has 11 nitrogen and oxygen atoms in total. The molecule has 11 heteroatoms. The zero-order valence-corrected chi connectivity index (χ0v) is 26.2. The number of fused-ring (bicyclic) bond motifs is 5. The first-order valence-electron chi connectivity index (χ1n) is 14.6. The van der Waals surface area contributed by atoms with Crippen LogP contribution in [0.3, 0.4) is 0 Å². The summed E-state index contributed by atoms with van der Waals surface area (Å²) in [7, 11) is 4.70. The van der Waals surface area contributed by atoms with Gasteiger partial charge in [0.05, 0.1) is 25.6 Å². The molecule has 1 aromatic rings. The van der Waals surface area contributed by atoms with Crippen molar-refractivity contribution in [2.75, 3.05) is 26.2 Å². The molecule has 2 fully saturated rings. The van der Waals surface area contributed by atoms with E-state index in [0.29, 0.717) is 17.9 Å². The molecule has 3 aliphatic rings. The van der Waals surface area contributed by atoms with Gasteiger partial charge >= 0.3 is 12.1 Å². The number of alkyl carbamates (subject to hydrolysis) is 1. The first kappa shape index (κ1) is 32.5. The molecular formula is C32H44N2O9. The Hall–Kier alpha value is -3.41. The van der Waals surface area contributed by atoms with Gasteiger partial charge in [0.1, 0.15) is 29.7 Å². The number of nitrogens with one attached hydrogen (secondary N) is 1. The maximum absolute atomic E-state index is 13.7. The number of methoxy groups -OCH3 is 2. The van der Waals surface area contributed by atoms with Crippen LogP contribution >= 0.6 is 0 Å². The van der Waals surface area contributed by atoms with Crippen molar-refractivity contribution in [3.8, 4) is 5.75 Å². The predicted molar refractivity (Wildman–Crippen MR) is 159 cm³/mol. The Morgan fingerprint density at radius 1 is 1.21 bits per heavy atom. The number of aliphatic hydroxyl groups is 1. The van der Waals surface area contributed by atoms with Crippen LogP contribution in [-0.4, -0.2) is 80.1 Å². The quantitative estimate of drug-likeness (QED) is 0.392. The molecule has 0 saturated carbocycles. The van der Waals surface area contributed by atoms with Gasteiger partial charge < -0.3 is 33.7 Å². The Morgan fingerprint density at radius 3 is 2.58 bits per heavy atom. The maximum atomic E-state index is 13.7. The standard InChI is InChI=1S/C32H44N2O9/c1-18(2)29(36)42-26-16-27(35)34(6)22-13-21(14-23(15-22)39-7)12-19(3)10-9-11-25(40-8)32(38)17-24(41-30(37)33-32)20(4)28-31(26,5)43-28/h9-11,13-15,18,20,24-26,28,38H,12,16-17H2,1-8H3,(H,33,37). The third-order valence-electron chi connectivity index (χ3n) is 8.59. The average Bonchev–Trinajstić information content (AvgIpc) is 3.64. The van der Waals surface area contributed by atoms with E-state index in [1.54, 1.807) is 53.1 Å². The van der Waals surface area contributed by atoms with Crippen molar-refractivity contribution in [3.05, 3.63) is 47.6 Å². The van der Waals surface area contributed by atoms with Gasteiger partial charge in [0.2, 0.25) is 5.91 Å². The highest BCUT2D eigenvalue weighted by Gasteiger charge is 2.64. The van der Waals surface area contributed by atoms with Gasteiger partial charge in [-0.15, -0.1) is 0 Å². The number of ether oxygens (including phenoxy) is 5. The van der Waals surface area contributed by atoms with Gasteiger partial charge in [-0.1, -0.05) is 44.6 Å². The van der Waals surface area contributed by atoms with Crippen LogP contribution in [0, 0.1) is 11.8 Å². The molecule has 0 aliphatic carbocycles. The molecule has 4 rings (SSSR count). The normalized spacial score (nSPS) is 33.2. The molecule has 7 atom stereocenters. The van der Waals surface area contributed by atoms with Crippen LogP contribution in [0.4, 0.5) is 10.5 Å². The topological polar surface area (TPSA) is 136 Å². The highest BCUT2D eigenvalue weighted by atomic mass is 16.7. The van der Waals surface area contributed by atoms with Crippen molar-refractivity contribution in [2.24, 2.45) is 11.8 Å². The summed E-state index contributed by atoms with van der Waals surface area (Å²) in [6, 6.07) is 5.60. The van der Waals surface area contributed by atoms with Crippen molar-refractivity contribution in [2.45, 2.75) is 89.6 Å². The fraction of sp³-hybridized carbons (Fsp3) is 0.594. The second-order valence-electron chi connectivity index (χ2n) is 12.3. The van der Waals surface area contributed by atoms with Crippen molar-refractivity contribution < 1.29 is 43.2 Å². The lowest BCUT2D eigenvalue weighted by Gasteiger charge is -2.42. The number of hydrogen-bond acceptors (Lipinski definition) is 9.